The average Bonchev–Trinajstić information content (AvgIpc) is 2.82. The summed E-state index contributed by atoms with van der Waals surface area (Å²) in [6, 6.07) is -0.282. The predicted molar refractivity (Wildman–Crippen MR) is 79.0 cm³/mol. The van der Waals surface area contributed by atoms with Gasteiger partial charge in [-0.15, -0.1) is 0 Å². The van der Waals surface area contributed by atoms with Crippen LogP contribution in [-0.4, -0.2) is 45.0 Å². The van der Waals surface area contributed by atoms with Crippen LogP contribution in [0.15, 0.2) is 12.4 Å². The number of rotatable bonds is 4. The Morgan fingerprint density at radius 3 is 2.46 bits per heavy atom. The summed E-state index contributed by atoms with van der Waals surface area (Å²) in [5.74, 6) is -1.48. The molecule has 1 aliphatic rings. The van der Waals surface area contributed by atoms with Crippen molar-refractivity contribution in [2.24, 2.45) is 7.05 Å². The monoisotopic (exact) mass is 349 g/mol. The third-order valence-electron chi connectivity index (χ3n) is 4.14. The van der Waals surface area contributed by atoms with E-state index in [1.165, 1.54) is 13.2 Å². The average molecular weight is 349 g/mol. The van der Waals surface area contributed by atoms with E-state index < -0.39 is 29.9 Å². The Morgan fingerprint density at radius 2 is 2.00 bits per heavy atom. The zero-order valence-electron chi connectivity index (χ0n) is 13.8. The van der Waals surface area contributed by atoms with Gasteiger partial charge >= 0.3 is 6.18 Å². The Kier molecular flexibility index (Phi) is 5.24. The molecular formula is C15H22F3N3O3. The maximum absolute atomic E-state index is 13.4. The van der Waals surface area contributed by atoms with Crippen molar-refractivity contribution in [3.8, 4) is 0 Å². The molecule has 3 unspecified atom stereocenters. The van der Waals surface area contributed by atoms with Crippen LogP contribution in [0.3, 0.4) is 0 Å². The van der Waals surface area contributed by atoms with Crippen LogP contribution < -0.4 is 5.32 Å². The number of hydrogen-bond donors (Lipinski definition) is 2. The first kappa shape index (κ1) is 18.7. The van der Waals surface area contributed by atoms with Gasteiger partial charge in [-0.3, -0.25) is 4.79 Å². The third kappa shape index (κ3) is 3.89. The molecule has 0 radical (unpaired) electrons. The van der Waals surface area contributed by atoms with Crippen molar-refractivity contribution in [2.75, 3.05) is 0 Å². The normalized spacial score (nSPS) is 27.5. The summed E-state index contributed by atoms with van der Waals surface area (Å²) in [6.07, 6.45) is -2.88. The number of nitrogens with zero attached hydrogens (tertiary/aromatic N) is 2. The fraction of sp³-hybridized carbons (Fsp3) is 0.733. The van der Waals surface area contributed by atoms with Crippen LogP contribution in [-0.2, 0) is 22.2 Å². The van der Waals surface area contributed by atoms with Gasteiger partial charge in [0, 0.05) is 25.5 Å². The molecule has 3 atom stereocenters. The van der Waals surface area contributed by atoms with Gasteiger partial charge in [0.15, 0.2) is 5.82 Å². The van der Waals surface area contributed by atoms with Crippen molar-refractivity contribution in [2.45, 2.75) is 63.1 Å². The Bertz CT molecular complexity index is 580. The number of alkyl halides is 3. The second kappa shape index (κ2) is 6.72. The van der Waals surface area contributed by atoms with Crippen molar-refractivity contribution >= 4 is 5.91 Å². The van der Waals surface area contributed by atoms with Crippen molar-refractivity contribution in [3.63, 3.8) is 0 Å². The van der Waals surface area contributed by atoms with Gasteiger partial charge < -0.3 is 19.7 Å². The van der Waals surface area contributed by atoms with E-state index in [1.807, 2.05) is 13.8 Å². The smallest absolute Gasteiger partial charge is 0.375 e. The molecule has 0 saturated carbocycles. The lowest BCUT2D eigenvalue weighted by molar-refractivity contribution is -0.271. The summed E-state index contributed by atoms with van der Waals surface area (Å²) in [4.78, 5) is 15.7. The van der Waals surface area contributed by atoms with Gasteiger partial charge in [-0.25, -0.2) is 4.98 Å². The molecule has 1 amide bonds. The molecule has 0 aromatic carbocycles. The number of aromatic nitrogens is 2. The maximum Gasteiger partial charge on any atom is 0.425 e. The topological polar surface area (TPSA) is 76.4 Å². The molecular weight excluding hydrogens is 327 g/mol. The van der Waals surface area contributed by atoms with E-state index in [9.17, 15) is 23.1 Å². The summed E-state index contributed by atoms with van der Waals surface area (Å²) >= 11 is 0. The van der Waals surface area contributed by atoms with Gasteiger partial charge in [0.25, 0.3) is 0 Å². The van der Waals surface area contributed by atoms with Gasteiger partial charge in [-0.1, -0.05) is 0 Å². The SMILES string of the molecule is CC1CC(NC(=O)CC(O)(c2nccn2C)C(F)(F)F)CC(C)O1. The molecule has 1 saturated heterocycles. The number of ether oxygens (including phenoxy) is 1. The van der Waals surface area contributed by atoms with E-state index in [2.05, 4.69) is 10.3 Å². The Labute approximate surface area is 138 Å². The number of amides is 1. The van der Waals surface area contributed by atoms with E-state index >= 15 is 0 Å². The summed E-state index contributed by atoms with van der Waals surface area (Å²) in [6.45, 7) is 3.68. The van der Waals surface area contributed by atoms with Crippen molar-refractivity contribution in [1.82, 2.24) is 14.9 Å². The van der Waals surface area contributed by atoms with E-state index in [4.69, 9.17) is 4.74 Å². The van der Waals surface area contributed by atoms with Crippen LogP contribution in [0.25, 0.3) is 0 Å². The summed E-state index contributed by atoms with van der Waals surface area (Å²) in [7, 11) is 1.33. The number of aryl methyl sites for hydroxylation is 1. The molecule has 0 bridgehead atoms. The zero-order valence-corrected chi connectivity index (χ0v) is 13.8. The van der Waals surface area contributed by atoms with E-state index in [0.29, 0.717) is 12.8 Å². The van der Waals surface area contributed by atoms with Crippen LogP contribution in [0.4, 0.5) is 13.2 Å². The Hall–Kier alpha value is -1.61. The molecule has 2 heterocycles. The van der Waals surface area contributed by atoms with Crippen molar-refractivity contribution < 1.29 is 27.8 Å². The Morgan fingerprint density at radius 1 is 1.42 bits per heavy atom. The minimum atomic E-state index is -5.03. The highest BCUT2D eigenvalue weighted by Crippen LogP contribution is 2.40. The number of hydrogen-bond acceptors (Lipinski definition) is 4. The lowest BCUT2D eigenvalue weighted by Crippen LogP contribution is -2.50. The first-order chi connectivity index (χ1) is 11.0. The summed E-state index contributed by atoms with van der Waals surface area (Å²) < 4.78 is 46.8. The number of imidazole rings is 1. The molecule has 6 nitrogen and oxygen atoms in total. The van der Waals surface area contributed by atoms with E-state index in [1.54, 1.807) is 0 Å². The quantitative estimate of drug-likeness (QED) is 0.866. The fourth-order valence-electron chi connectivity index (χ4n) is 3.10. The minimum Gasteiger partial charge on any atom is -0.375 e. The van der Waals surface area contributed by atoms with Crippen LogP contribution in [0.2, 0.25) is 0 Å². The maximum atomic E-state index is 13.4. The second-order valence-corrected chi connectivity index (χ2v) is 6.39. The lowest BCUT2D eigenvalue weighted by Gasteiger charge is -2.34. The number of carbonyl (C=O) groups excluding carboxylic acids is 1. The first-order valence-electron chi connectivity index (χ1n) is 7.74. The molecule has 2 rings (SSSR count). The largest absolute Gasteiger partial charge is 0.425 e. The van der Waals surface area contributed by atoms with E-state index in [0.717, 1.165) is 10.8 Å². The highest BCUT2D eigenvalue weighted by molar-refractivity contribution is 5.77. The number of aliphatic hydroxyl groups is 1. The standard InChI is InChI=1S/C15H22F3N3O3/c1-9-6-11(7-10(2)24-9)20-12(22)8-14(23,15(16,17)18)13-19-4-5-21(13)3/h4-5,9-11,23H,6-8H2,1-3H3,(H,20,22). The van der Waals surface area contributed by atoms with Crippen molar-refractivity contribution in [3.05, 3.63) is 18.2 Å². The van der Waals surface area contributed by atoms with Crippen LogP contribution in [0.5, 0.6) is 0 Å². The highest BCUT2D eigenvalue weighted by atomic mass is 19.4. The zero-order chi connectivity index (χ0) is 18.1. The third-order valence-corrected chi connectivity index (χ3v) is 4.14. The van der Waals surface area contributed by atoms with Crippen LogP contribution in [0, 0.1) is 0 Å². The van der Waals surface area contributed by atoms with Crippen LogP contribution in [0.1, 0.15) is 38.9 Å². The predicted octanol–water partition coefficient (Wildman–Crippen LogP) is 1.63. The number of halogens is 3. The first-order valence-corrected chi connectivity index (χ1v) is 7.74. The fourth-order valence-corrected chi connectivity index (χ4v) is 3.10. The van der Waals surface area contributed by atoms with Crippen molar-refractivity contribution in [1.29, 1.82) is 0 Å². The lowest BCUT2D eigenvalue weighted by atomic mass is 9.95. The minimum absolute atomic E-state index is 0.0879. The molecule has 1 aromatic heterocycles. The van der Waals surface area contributed by atoms with Gasteiger partial charge in [0.05, 0.1) is 18.6 Å². The molecule has 1 fully saturated rings. The molecule has 9 heteroatoms. The molecule has 1 aromatic rings. The highest BCUT2D eigenvalue weighted by Gasteiger charge is 2.58. The molecule has 24 heavy (non-hydrogen) atoms. The molecule has 0 aliphatic carbocycles. The molecule has 136 valence electrons. The number of carbonyl (C=O) groups is 1. The van der Waals surface area contributed by atoms with E-state index in [-0.39, 0.29) is 18.2 Å². The second-order valence-electron chi connectivity index (χ2n) is 6.39. The van der Waals surface area contributed by atoms with Gasteiger partial charge in [-0.05, 0) is 26.7 Å². The van der Waals surface area contributed by atoms with Gasteiger partial charge in [0.1, 0.15) is 0 Å². The van der Waals surface area contributed by atoms with Gasteiger partial charge in [-0.2, -0.15) is 13.2 Å². The van der Waals surface area contributed by atoms with Gasteiger partial charge in [0.2, 0.25) is 11.5 Å². The van der Waals surface area contributed by atoms with Crippen LogP contribution >= 0.6 is 0 Å². The number of nitrogens with one attached hydrogen (secondary N) is 1. The summed E-state index contributed by atoms with van der Waals surface area (Å²) in [5, 5.41) is 12.8. The Balaban J connectivity index is 2.13. The molecule has 1 aliphatic heterocycles. The molecule has 0 spiro atoms. The molecule has 2 N–H and O–H groups in total. The summed E-state index contributed by atoms with van der Waals surface area (Å²) in [5.41, 5.74) is -3.34.